The molecule has 32 heavy (non-hydrogen) atoms. The summed E-state index contributed by atoms with van der Waals surface area (Å²) in [5, 5.41) is 24.6. The van der Waals surface area contributed by atoms with Crippen LogP contribution in [0.2, 0.25) is 0 Å². The third-order valence-electron chi connectivity index (χ3n) is 6.18. The molecule has 1 aliphatic rings. The molecule has 162 valence electrons. The summed E-state index contributed by atoms with van der Waals surface area (Å²) in [5.41, 5.74) is 1.47. The maximum Gasteiger partial charge on any atom is 0.173 e. The Balaban J connectivity index is 1.82. The Labute approximate surface area is 183 Å². The zero-order valence-corrected chi connectivity index (χ0v) is 17.2. The van der Waals surface area contributed by atoms with Gasteiger partial charge in [-0.2, -0.15) is 0 Å². The monoisotopic (exact) mass is 433 g/mol. The number of fused-ring (bicyclic) bond motifs is 2. The molecule has 5 rings (SSSR count). The second-order valence-electron chi connectivity index (χ2n) is 8.03. The molecule has 1 unspecified atom stereocenters. The van der Waals surface area contributed by atoms with Crippen LogP contribution in [0.4, 0.5) is 8.78 Å². The summed E-state index contributed by atoms with van der Waals surface area (Å²) in [4.78, 5) is 4.41. The van der Waals surface area contributed by atoms with Gasteiger partial charge >= 0.3 is 0 Å². The van der Waals surface area contributed by atoms with E-state index in [0.717, 1.165) is 25.1 Å². The minimum absolute atomic E-state index is 0.0118. The first-order valence-corrected chi connectivity index (χ1v) is 10.4. The number of hydrogen-bond donors (Lipinski definition) is 3. The van der Waals surface area contributed by atoms with Crippen LogP contribution in [0.3, 0.4) is 0 Å². The Bertz CT molecular complexity index is 1400. The van der Waals surface area contributed by atoms with Gasteiger partial charge in [-0.05, 0) is 48.0 Å². The maximum atomic E-state index is 16.0. The van der Waals surface area contributed by atoms with Crippen molar-refractivity contribution >= 4 is 21.7 Å². The van der Waals surface area contributed by atoms with Gasteiger partial charge in [0.1, 0.15) is 17.3 Å². The van der Waals surface area contributed by atoms with Crippen LogP contribution in [0, 0.1) is 24.0 Å². The second-order valence-corrected chi connectivity index (χ2v) is 8.03. The Morgan fingerprint density at radius 1 is 1.28 bits per heavy atom. The first kappa shape index (κ1) is 20.4. The van der Waals surface area contributed by atoms with Crippen molar-refractivity contribution in [3.05, 3.63) is 59.4 Å². The smallest absolute Gasteiger partial charge is 0.173 e. The van der Waals surface area contributed by atoms with Crippen LogP contribution < -0.4 is 5.32 Å². The van der Waals surface area contributed by atoms with Gasteiger partial charge < -0.3 is 20.1 Å². The number of rotatable bonds is 4. The molecule has 0 bridgehead atoms. The number of aromatic nitrogens is 2. The number of terminal acetylenes is 1. The number of phenols is 1. The maximum absolute atomic E-state index is 16.0. The van der Waals surface area contributed by atoms with Crippen molar-refractivity contribution in [2.45, 2.75) is 18.9 Å². The Morgan fingerprint density at radius 2 is 2.12 bits per heavy atom. The van der Waals surface area contributed by atoms with E-state index in [9.17, 15) is 14.6 Å². The molecule has 0 radical (unpaired) electrons. The molecule has 0 amide bonds. The first-order chi connectivity index (χ1) is 15.5. The van der Waals surface area contributed by atoms with Crippen molar-refractivity contribution in [1.29, 1.82) is 0 Å². The van der Waals surface area contributed by atoms with E-state index < -0.39 is 11.6 Å². The van der Waals surface area contributed by atoms with Crippen LogP contribution in [-0.4, -0.2) is 39.5 Å². The van der Waals surface area contributed by atoms with Gasteiger partial charge in [0, 0.05) is 41.8 Å². The first-order valence-electron chi connectivity index (χ1n) is 10.4. The molecule has 1 aliphatic heterocycles. The average molecular weight is 433 g/mol. The Morgan fingerprint density at radius 3 is 2.84 bits per heavy atom. The van der Waals surface area contributed by atoms with Crippen molar-refractivity contribution in [2.75, 3.05) is 19.7 Å². The number of benzene rings is 2. The van der Waals surface area contributed by atoms with Gasteiger partial charge in [-0.3, -0.25) is 4.98 Å². The lowest BCUT2D eigenvalue weighted by Gasteiger charge is -2.13. The lowest BCUT2D eigenvalue weighted by Crippen LogP contribution is -2.07. The highest BCUT2D eigenvalue weighted by Crippen LogP contribution is 2.39. The van der Waals surface area contributed by atoms with E-state index in [1.807, 2.05) is 6.20 Å². The standard InChI is InChI=1S/C25H21F2N3O2/c1-2-17-21(26)4-3-14-9-16(32)10-18(22(14)17)24-23(27)25-19(12-29-24)20(13-30(25)7-8-31)15-5-6-28-11-15/h1,3-4,9-10,12-13,15,28,31-32H,5-8,11H2. The summed E-state index contributed by atoms with van der Waals surface area (Å²) in [5.74, 6) is 1.26. The molecule has 3 heterocycles. The molecular weight excluding hydrogens is 412 g/mol. The van der Waals surface area contributed by atoms with Crippen LogP contribution >= 0.6 is 0 Å². The average Bonchev–Trinajstić information content (AvgIpc) is 3.42. The van der Waals surface area contributed by atoms with Crippen molar-refractivity contribution in [2.24, 2.45) is 0 Å². The fourth-order valence-corrected chi connectivity index (χ4v) is 4.74. The number of nitrogens with zero attached hydrogens (tertiary/aromatic N) is 2. The largest absolute Gasteiger partial charge is 0.508 e. The second kappa shape index (κ2) is 7.90. The minimum atomic E-state index is -0.604. The highest BCUT2D eigenvalue weighted by Gasteiger charge is 2.26. The third kappa shape index (κ3) is 3.11. The molecule has 4 aromatic rings. The van der Waals surface area contributed by atoms with Crippen LogP contribution in [-0.2, 0) is 6.54 Å². The Hall–Kier alpha value is -3.47. The molecule has 2 aromatic heterocycles. The predicted octanol–water partition coefficient (Wildman–Crippen LogP) is 3.89. The van der Waals surface area contributed by atoms with Gasteiger partial charge in [-0.25, -0.2) is 8.78 Å². The molecule has 1 atom stereocenters. The summed E-state index contributed by atoms with van der Waals surface area (Å²) < 4.78 is 32.2. The fraction of sp³-hybridized carbons (Fsp3) is 0.240. The SMILES string of the molecule is C#Cc1c(F)ccc2cc(O)cc(-c3ncc4c(C5CCNC5)cn(CCO)c4c3F)c12. The van der Waals surface area contributed by atoms with Gasteiger partial charge in [0.15, 0.2) is 5.82 Å². The van der Waals surface area contributed by atoms with E-state index in [1.165, 1.54) is 24.3 Å². The molecular formula is C25H21F2N3O2. The van der Waals surface area contributed by atoms with Crippen molar-refractivity contribution in [1.82, 2.24) is 14.9 Å². The van der Waals surface area contributed by atoms with E-state index in [-0.39, 0.29) is 41.6 Å². The number of aliphatic hydroxyl groups excluding tert-OH is 1. The van der Waals surface area contributed by atoms with Crippen LogP contribution in [0.5, 0.6) is 5.75 Å². The van der Waals surface area contributed by atoms with Crippen LogP contribution in [0.15, 0.2) is 36.7 Å². The molecule has 0 spiro atoms. The topological polar surface area (TPSA) is 70.3 Å². The quantitative estimate of drug-likeness (QED) is 0.427. The zero-order chi connectivity index (χ0) is 22.4. The van der Waals surface area contributed by atoms with Crippen molar-refractivity contribution in [3.8, 4) is 29.4 Å². The van der Waals surface area contributed by atoms with Gasteiger partial charge in [0.2, 0.25) is 0 Å². The third-order valence-corrected chi connectivity index (χ3v) is 6.18. The van der Waals surface area contributed by atoms with Gasteiger partial charge in [0.25, 0.3) is 0 Å². The van der Waals surface area contributed by atoms with Crippen molar-refractivity contribution < 1.29 is 19.0 Å². The molecule has 2 aromatic carbocycles. The molecule has 5 nitrogen and oxygen atoms in total. The van der Waals surface area contributed by atoms with E-state index in [0.29, 0.717) is 21.7 Å². The highest BCUT2D eigenvalue weighted by molar-refractivity contribution is 6.02. The molecule has 3 N–H and O–H groups in total. The van der Waals surface area contributed by atoms with E-state index >= 15 is 4.39 Å². The lowest BCUT2D eigenvalue weighted by atomic mass is 9.95. The molecule has 7 heteroatoms. The number of hydrogen-bond acceptors (Lipinski definition) is 4. The number of halogens is 2. The van der Waals surface area contributed by atoms with Crippen molar-refractivity contribution in [3.63, 3.8) is 0 Å². The number of aliphatic hydroxyl groups is 1. The number of pyridine rings is 1. The van der Waals surface area contributed by atoms with Crippen LogP contribution in [0.1, 0.15) is 23.5 Å². The molecule has 1 saturated heterocycles. The lowest BCUT2D eigenvalue weighted by molar-refractivity contribution is 0.277. The van der Waals surface area contributed by atoms with Gasteiger partial charge in [0.05, 0.1) is 17.7 Å². The molecule has 0 aliphatic carbocycles. The fourth-order valence-electron chi connectivity index (χ4n) is 4.74. The summed E-state index contributed by atoms with van der Waals surface area (Å²) in [7, 11) is 0. The van der Waals surface area contributed by atoms with E-state index in [2.05, 4.69) is 16.2 Å². The van der Waals surface area contributed by atoms with E-state index in [1.54, 1.807) is 10.8 Å². The number of phenolic OH excluding ortho intramolecular Hbond substituents is 1. The summed E-state index contributed by atoms with van der Waals surface area (Å²) in [6.07, 6.45) is 9.98. The van der Waals surface area contributed by atoms with Crippen LogP contribution in [0.25, 0.3) is 32.9 Å². The predicted molar refractivity (Wildman–Crippen MR) is 120 cm³/mol. The number of aromatic hydroxyl groups is 1. The van der Waals surface area contributed by atoms with Gasteiger partial charge in [-0.1, -0.05) is 12.0 Å². The highest BCUT2D eigenvalue weighted by atomic mass is 19.1. The summed E-state index contributed by atoms with van der Waals surface area (Å²) in [6, 6.07) is 5.52. The van der Waals surface area contributed by atoms with E-state index in [4.69, 9.17) is 6.42 Å². The number of nitrogens with one attached hydrogen (secondary N) is 1. The summed E-state index contributed by atoms with van der Waals surface area (Å²) in [6.45, 7) is 1.76. The normalized spacial score (nSPS) is 16.1. The Kier molecular flexibility index (Phi) is 5.04. The van der Waals surface area contributed by atoms with Gasteiger partial charge in [-0.15, -0.1) is 6.42 Å². The molecule has 1 fully saturated rings. The zero-order valence-electron chi connectivity index (χ0n) is 17.2. The summed E-state index contributed by atoms with van der Waals surface area (Å²) >= 11 is 0. The minimum Gasteiger partial charge on any atom is -0.508 e. The molecule has 0 saturated carbocycles.